The zero-order valence-electron chi connectivity index (χ0n) is 21.3. The van der Waals surface area contributed by atoms with Crippen molar-refractivity contribution in [3.05, 3.63) is 103 Å². The number of aromatic amines is 1. The lowest BCUT2D eigenvalue weighted by atomic mass is 9.94. The van der Waals surface area contributed by atoms with Gasteiger partial charge in [-0.1, -0.05) is 48.0 Å². The molecule has 2 aromatic heterocycles. The standard InChI is InChI=1S/C29H28BrN3O4S/c1-17(2)31-29(35)27-24(30)22-13-12-20-15-23(38(36,37)21-10-5-4-6-11-21)28(34)32-25(20)26(22)33(27)16-19-9-7-8-18(3)14-19/h4-11,14-15,17H,12-13,16H2,1-3H3,(H,31,35)(H,32,34). The molecule has 196 valence electrons. The Kier molecular flexibility index (Phi) is 6.92. The van der Waals surface area contributed by atoms with Crippen LogP contribution >= 0.6 is 15.9 Å². The summed E-state index contributed by atoms with van der Waals surface area (Å²) in [5, 5.41) is 2.99. The SMILES string of the molecule is Cc1cccc(Cn2c(C(=O)NC(C)C)c(Br)c3c2-c2[nH]c(=O)c(S(=O)(=O)c4ccccc4)cc2CC3)c1. The third-order valence-electron chi connectivity index (χ3n) is 6.67. The van der Waals surface area contributed by atoms with Crippen LogP contribution in [0.2, 0.25) is 0 Å². The molecule has 2 heterocycles. The van der Waals surface area contributed by atoms with Gasteiger partial charge in [-0.2, -0.15) is 0 Å². The van der Waals surface area contributed by atoms with E-state index in [1.54, 1.807) is 18.2 Å². The van der Waals surface area contributed by atoms with E-state index in [-0.39, 0.29) is 21.7 Å². The first-order valence-corrected chi connectivity index (χ1v) is 14.7. The number of hydrogen-bond acceptors (Lipinski definition) is 4. The van der Waals surface area contributed by atoms with Gasteiger partial charge in [0.25, 0.3) is 11.5 Å². The fraction of sp³-hybridized carbons (Fsp3) is 0.241. The molecule has 2 N–H and O–H groups in total. The van der Waals surface area contributed by atoms with E-state index in [0.29, 0.717) is 40.9 Å². The van der Waals surface area contributed by atoms with Gasteiger partial charge in [0, 0.05) is 12.6 Å². The lowest BCUT2D eigenvalue weighted by molar-refractivity contribution is 0.0933. The summed E-state index contributed by atoms with van der Waals surface area (Å²) in [5.41, 5.74) is 4.78. The Labute approximate surface area is 230 Å². The predicted molar refractivity (Wildman–Crippen MR) is 150 cm³/mol. The first-order valence-electron chi connectivity index (χ1n) is 12.4. The molecule has 1 aliphatic carbocycles. The number of aromatic nitrogens is 2. The normalized spacial score (nSPS) is 12.8. The summed E-state index contributed by atoms with van der Waals surface area (Å²) in [7, 11) is -4.00. The van der Waals surface area contributed by atoms with Crippen LogP contribution in [0.1, 0.15) is 46.6 Å². The second-order valence-electron chi connectivity index (χ2n) is 9.87. The van der Waals surface area contributed by atoms with Crippen molar-refractivity contribution in [2.75, 3.05) is 0 Å². The topological polar surface area (TPSA) is 101 Å². The number of carbonyl (C=O) groups is 1. The third kappa shape index (κ3) is 4.65. The van der Waals surface area contributed by atoms with Crippen LogP contribution in [0, 0.1) is 6.92 Å². The average molecular weight is 595 g/mol. The number of sulfone groups is 1. The Morgan fingerprint density at radius 3 is 2.50 bits per heavy atom. The maximum absolute atomic E-state index is 13.4. The van der Waals surface area contributed by atoms with E-state index >= 15 is 0 Å². The number of halogens is 1. The quantitative estimate of drug-likeness (QED) is 0.327. The number of aryl methyl sites for hydroxylation is 2. The molecule has 7 nitrogen and oxygen atoms in total. The van der Waals surface area contributed by atoms with Crippen molar-refractivity contribution in [2.24, 2.45) is 0 Å². The van der Waals surface area contributed by atoms with E-state index in [4.69, 9.17) is 0 Å². The number of nitrogens with one attached hydrogen (secondary N) is 2. The van der Waals surface area contributed by atoms with E-state index in [1.165, 1.54) is 18.2 Å². The average Bonchev–Trinajstić information content (AvgIpc) is 3.15. The summed E-state index contributed by atoms with van der Waals surface area (Å²) < 4.78 is 29.2. The minimum Gasteiger partial charge on any atom is -0.349 e. The van der Waals surface area contributed by atoms with E-state index in [1.807, 2.05) is 43.5 Å². The van der Waals surface area contributed by atoms with Crippen molar-refractivity contribution < 1.29 is 13.2 Å². The number of benzene rings is 2. The predicted octanol–water partition coefficient (Wildman–Crippen LogP) is 5.03. The summed E-state index contributed by atoms with van der Waals surface area (Å²) >= 11 is 3.68. The van der Waals surface area contributed by atoms with Crippen molar-refractivity contribution in [3.63, 3.8) is 0 Å². The molecule has 0 aliphatic heterocycles. The van der Waals surface area contributed by atoms with Gasteiger partial charge in [-0.25, -0.2) is 8.42 Å². The van der Waals surface area contributed by atoms with Gasteiger partial charge in [-0.15, -0.1) is 0 Å². The van der Waals surface area contributed by atoms with Crippen LogP contribution in [0.3, 0.4) is 0 Å². The van der Waals surface area contributed by atoms with E-state index in [9.17, 15) is 18.0 Å². The summed E-state index contributed by atoms with van der Waals surface area (Å²) in [5.74, 6) is -0.221. The van der Waals surface area contributed by atoms with Gasteiger partial charge in [0.1, 0.15) is 10.6 Å². The molecule has 2 aromatic carbocycles. The number of H-pyrrole nitrogens is 1. The molecular formula is C29H28BrN3O4S. The van der Waals surface area contributed by atoms with E-state index < -0.39 is 15.4 Å². The number of nitrogens with zero attached hydrogens (tertiary/aromatic N) is 1. The fourth-order valence-electron chi connectivity index (χ4n) is 5.00. The second-order valence-corrected chi connectivity index (χ2v) is 12.6. The molecule has 0 radical (unpaired) electrons. The lowest BCUT2D eigenvalue weighted by Crippen LogP contribution is -2.32. The zero-order valence-corrected chi connectivity index (χ0v) is 23.7. The molecule has 0 spiro atoms. The molecule has 5 rings (SSSR count). The van der Waals surface area contributed by atoms with E-state index in [0.717, 1.165) is 22.3 Å². The maximum atomic E-state index is 13.4. The monoisotopic (exact) mass is 593 g/mol. The summed E-state index contributed by atoms with van der Waals surface area (Å²) in [6.07, 6.45) is 1.11. The smallest absolute Gasteiger partial charge is 0.269 e. The molecule has 0 bridgehead atoms. The zero-order chi connectivity index (χ0) is 27.2. The summed E-state index contributed by atoms with van der Waals surface area (Å²) in [4.78, 5) is 29.3. The van der Waals surface area contributed by atoms with Crippen molar-refractivity contribution in [1.82, 2.24) is 14.9 Å². The van der Waals surface area contributed by atoms with Crippen LogP contribution in [0.15, 0.2) is 79.7 Å². The number of hydrogen-bond donors (Lipinski definition) is 2. The number of rotatable bonds is 6. The van der Waals surface area contributed by atoms with Crippen molar-refractivity contribution in [2.45, 2.75) is 56.0 Å². The highest BCUT2D eigenvalue weighted by Gasteiger charge is 2.33. The Morgan fingerprint density at radius 1 is 1.08 bits per heavy atom. The van der Waals surface area contributed by atoms with Gasteiger partial charge in [0.05, 0.1) is 20.8 Å². The summed E-state index contributed by atoms with van der Waals surface area (Å²) in [6.45, 7) is 6.22. The molecule has 0 fully saturated rings. The first-order chi connectivity index (χ1) is 18.1. The molecule has 4 aromatic rings. The highest BCUT2D eigenvalue weighted by molar-refractivity contribution is 9.10. The van der Waals surface area contributed by atoms with Gasteiger partial charge in [0.2, 0.25) is 9.84 Å². The molecule has 0 saturated carbocycles. The van der Waals surface area contributed by atoms with Gasteiger partial charge in [0.15, 0.2) is 0 Å². The molecule has 0 atom stereocenters. The molecule has 0 saturated heterocycles. The highest BCUT2D eigenvalue weighted by atomic mass is 79.9. The Hall–Kier alpha value is -3.43. The van der Waals surface area contributed by atoms with Gasteiger partial charge in [-0.05, 0) is 84.4 Å². The van der Waals surface area contributed by atoms with Crippen LogP contribution in [0.4, 0.5) is 0 Å². The third-order valence-corrected chi connectivity index (χ3v) is 9.30. The minimum absolute atomic E-state index is 0.0633. The number of carbonyl (C=O) groups excluding carboxylic acids is 1. The molecule has 0 unspecified atom stereocenters. The van der Waals surface area contributed by atoms with Gasteiger partial charge >= 0.3 is 0 Å². The molecule has 1 amide bonds. The van der Waals surface area contributed by atoms with Crippen molar-refractivity contribution in [1.29, 1.82) is 0 Å². The lowest BCUT2D eigenvalue weighted by Gasteiger charge is -2.21. The molecule has 1 aliphatic rings. The molecule has 38 heavy (non-hydrogen) atoms. The Balaban J connectivity index is 1.71. The van der Waals surface area contributed by atoms with Crippen LogP contribution in [-0.2, 0) is 29.2 Å². The van der Waals surface area contributed by atoms with Crippen molar-refractivity contribution in [3.8, 4) is 11.4 Å². The maximum Gasteiger partial charge on any atom is 0.269 e. The van der Waals surface area contributed by atoms with Crippen LogP contribution < -0.4 is 10.9 Å². The van der Waals surface area contributed by atoms with Gasteiger partial charge < -0.3 is 14.9 Å². The van der Waals surface area contributed by atoms with Crippen molar-refractivity contribution >= 4 is 31.7 Å². The molecule has 9 heteroatoms. The second kappa shape index (κ2) is 10.0. The number of fused-ring (bicyclic) bond motifs is 3. The van der Waals surface area contributed by atoms with Gasteiger partial charge in [-0.3, -0.25) is 9.59 Å². The Morgan fingerprint density at radius 2 is 1.82 bits per heavy atom. The molecular weight excluding hydrogens is 566 g/mol. The van der Waals surface area contributed by atoms with Crippen LogP contribution in [0.25, 0.3) is 11.4 Å². The number of pyridine rings is 1. The first kappa shape index (κ1) is 26.2. The Bertz CT molecular complexity index is 1720. The number of amides is 1. The largest absolute Gasteiger partial charge is 0.349 e. The fourth-order valence-corrected chi connectivity index (χ4v) is 7.15. The summed E-state index contributed by atoms with van der Waals surface area (Å²) in [6, 6.07) is 17.4. The van der Waals surface area contributed by atoms with Crippen LogP contribution in [0.5, 0.6) is 0 Å². The minimum atomic E-state index is -4.00. The van der Waals surface area contributed by atoms with E-state index in [2.05, 4.69) is 32.3 Å². The van der Waals surface area contributed by atoms with Crippen LogP contribution in [-0.4, -0.2) is 29.9 Å². The highest BCUT2D eigenvalue weighted by Crippen LogP contribution is 2.41.